The maximum Gasteiger partial charge on any atom is 0.233 e. The summed E-state index contributed by atoms with van der Waals surface area (Å²) in [4.78, 5) is 18.8. The summed E-state index contributed by atoms with van der Waals surface area (Å²) in [5.41, 5.74) is 4.46. The molecule has 0 radical (unpaired) electrons. The Balaban J connectivity index is 1.59. The molecule has 0 aliphatic heterocycles. The maximum absolute atomic E-state index is 12.7. The highest BCUT2D eigenvalue weighted by Crippen LogP contribution is 2.25. The van der Waals surface area contributed by atoms with Crippen LogP contribution in [0, 0.1) is 0 Å². The van der Waals surface area contributed by atoms with Crippen molar-refractivity contribution in [3.63, 3.8) is 0 Å². The first kappa shape index (κ1) is 24.6. The number of thioether (sulfide) groups is 1. The van der Waals surface area contributed by atoms with E-state index in [-0.39, 0.29) is 5.91 Å². The number of aromatic nitrogens is 3. The van der Waals surface area contributed by atoms with Crippen LogP contribution in [0.3, 0.4) is 0 Å². The molecular weight excluding hydrogens is 432 g/mol. The van der Waals surface area contributed by atoms with Crippen LogP contribution in [-0.2, 0) is 18.4 Å². The zero-order valence-corrected chi connectivity index (χ0v) is 21.3. The SMILES string of the molecule is CCN(CC)c1ccc(-c2nnc(SCC(=O)N(C)Cc3ccc(N(C)C)cc3)n2C)cc1. The predicted molar refractivity (Wildman–Crippen MR) is 138 cm³/mol. The molecule has 0 spiro atoms. The van der Waals surface area contributed by atoms with Crippen molar-refractivity contribution in [2.24, 2.45) is 7.05 Å². The van der Waals surface area contributed by atoms with E-state index < -0.39 is 0 Å². The molecule has 33 heavy (non-hydrogen) atoms. The zero-order valence-electron chi connectivity index (χ0n) is 20.4. The third-order valence-corrected chi connectivity index (χ3v) is 6.72. The topological polar surface area (TPSA) is 57.5 Å². The lowest BCUT2D eigenvalue weighted by Crippen LogP contribution is -2.27. The van der Waals surface area contributed by atoms with Gasteiger partial charge in [-0.05, 0) is 55.8 Å². The summed E-state index contributed by atoms with van der Waals surface area (Å²) >= 11 is 1.41. The average Bonchev–Trinajstić information content (AvgIpc) is 3.19. The molecule has 0 bridgehead atoms. The molecular formula is C25H34N6OS. The van der Waals surface area contributed by atoms with Crippen molar-refractivity contribution < 1.29 is 4.79 Å². The fraction of sp³-hybridized carbons (Fsp3) is 0.400. The third kappa shape index (κ3) is 6.07. The summed E-state index contributed by atoms with van der Waals surface area (Å²) in [7, 11) is 7.81. The Bertz CT molecular complexity index is 1040. The van der Waals surface area contributed by atoms with E-state index in [9.17, 15) is 4.79 Å². The van der Waals surface area contributed by atoms with Gasteiger partial charge in [-0.3, -0.25) is 4.79 Å². The summed E-state index contributed by atoms with van der Waals surface area (Å²) in [5.74, 6) is 1.18. The fourth-order valence-electron chi connectivity index (χ4n) is 3.60. The fourth-order valence-corrected chi connectivity index (χ4v) is 4.45. The lowest BCUT2D eigenvalue weighted by Gasteiger charge is -2.21. The molecule has 0 saturated carbocycles. The Morgan fingerprint density at radius 2 is 1.52 bits per heavy atom. The molecule has 8 heteroatoms. The van der Waals surface area contributed by atoms with Crippen molar-refractivity contribution >= 4 is 29.0 Å². The van der Waals surface area contributed by atoms with Gasteiger partial charge in [-0.1, -0.05) is 23.9 Å². The molecule has 7 nitrogen and oxygen atoms in total. The summed E-state index contributed by atoms with van der Waals surface area (Å²) in [6.07, 6.45) is 0. The highest BCUT2D eigenvalue weighted by atomic mass is 32.2. The van der Waals surface area contributed by atoms with Crippen molar-refractivity contribution in [2.45, 2.75) is 25.5 Å². The molecule has 0 fully saturated rings. The largest absolute Gasteiger partial charge is 0.378 e. The molecule has 1 amide bonds. The molecule has 0 unspecified atom stereocenters. The van der Waals surface area contributed by atoms with Gasteiger partial charge in [-0.2, -0.15) is 0 Å². The van der Waals surface area contributed by atoms with Crippen LogP contribution in [0.15, 0.2) is 53.7 Å². The highest BCUT2D eigenvalue weighted by molar-refractivity contribution is 7.99. The summed E-state index contributed by atoms with van der Waals surface area (Å²) in [6, 6.07) is 16.6. The van der Waals surface area contributed by atoms with Crippen LogP contribution in [0.2, 0.25) is 0 Å². The molecule has 2 aromatic carbocycles. The highest BCUT2D eigenvalue weighted by Gasteiger charge is 2.15. The van der Waals surface area contributed by atoms with Gasteiger partial charge in [-0.15, -0.1) is 10.2 Å². The lowest BCUT2D eigenvalue weighted by molar-refractivity contribution is -0.127. The summed E-state index contributed by atoms with van der Waals surface area (Å²) in [6.45, 7) is 6.84. The minimum atomic E-state index is 0.0600. The Kier molecular flexibility index (Phi) is 8.38. The molecule has 0 saturated heterocycles. The summed E-state index contributed by atoms with van der Waals surface area (Å²) < 4.78 is 1.95. The molecule has 0 atom stereocenters. The molecule has 1 aromatic heterocycles. The standard InChI is InChI=1S/C25H34N6OS/c1-7-31(8-2)22-15-11-20(12-16-22)24-26-27-25(30(24)6)33-18-23(32)29(5)17-19-9-13-21(14-10-19)28(3)4/h9-16H,7-8,17-18H2,1-6H3. The van der Waals surface area contributed by atoms with E-state index in [2.05, 4.69) is 82.4 Å². The first-order valence-corrected chi connectivity index (χ1v) is 12.2. The van der Waals surface area contributed by atoms with Crippen LogP contribution in [0.4, 0.5) is 11.4 Å². The number of nitrogens with zero attached hydrogens (tertiary/aromatic N) is 6. The van der Waals surface area contributed by atoms with Crippen molar-refractivity contribution in [1.29, 1.82) is 0 Å². The number of hydrogen-bond donors (Lipinski definition) is 0. The van der Waals surface area contributed by atoms with Gasteiger partial charge in [-0.25, -0.2) is 0 Å². The molecule has 3 rings (SSSR count). The minimum absolute atomic E-state index is 0.0600. The Morgan fingerprint density at radius 1 is 0.909 bits per heavy atom. The maximum atomic E-state index is 12.7. The van der Waals surface area contributed by atoms with Gasteiger partial charge in [0.05, 0.1) is 5.75 Å². The van der Waals surface area contributed by atoms with Crippen LogP contribution in [0.25, 0.3) is 11.4 Å². The van der Waals surface area contributed by atoms with Crippen LogP contribution in [0.5, 0.6) is 0 Å². The van der Waals surface area contributed by atoms with E-state index in [1.807, 2.05) is 32.8 Å². The number of hydrogen-bond acceptors (Lipinski definition) is 6. The zero-order chi connectivity index (χ0) is 24.0. The van der Waals surface area contributed by atoms with E-state index in [4.69, 9.17) is 0 Å². The minimum Gasteiger partial charge on any atom is -0.378 e. The monoisotopic (exact) mass is 466 g/mol. The number of carbonyl (C=O) groups is 1. The number of anilines is 2. The summed E-state index contributed by atoms with van der Waals surface area (Å²) in [5, 5.41) is 9.41. The van der Waals surface area contributed by atoms with Gasteiger partial charge in [0.15, 0.2) is 11.0 Å². The molecule has 0 aliphatic rings. The normalized spacial score (nSPS) is 10.8. The van der Waals surface area contributed by atoms with E-state index in [0.29, 0.717) is 12.3 Å². The van der Waals surface area contributed by atoms with Crippen molar-refractivity contribution in [3.05, 3.63) is 54.1 Å². The molecule has 176 valence electrons. The predicted octanol–water partition coefficient (Wildman–Crippen LogP) is 4.15. The first-order chi connectivity index (χ1) is 15.8. The van der Waals surface area contributed by atoms with Crippen molar-refractivity contribution in [3.8, 4) is 11.4 Å². The molecule has 1 heterocycles. The molecule has 0 aliphatic carbocycles. The van der Waals surface area contributed by atoms with E-state index in [1.54, 1.807) is 4.90 Å². The van der Waals surface area contributed by atoms with Gasteiger partial charge in [0.2, 0.25) is 5.91 Å². The second kappa shape index (κ2) is 11.2. The molecule has 3 aromatic rings. The second-order valence-corrected chi connectivity index (χ2v) is 9.13. The Morgan fingerprint density at radius 3 is 2.09 bits per heavy atom. The second-order valence-electron chi connectivity index (χ2n) is 8.18. The smallest absolute Gasteiger partial charge is 0.233 e. The van der Waals surface area contributed by atoms with E-state index >= 15 is 0 Å². The van der Waals surface area contributed by atoms with Crippen LogP contribution in [-0.4, -0.2) is 65.6 Å². The van der Waals surface area contributed by atoms with Gasteiger partial charge < -0.3 is 19.3 Å². The lowest BCUT2D eigenvalue weighted by atomic mass is 10.2. The average molecular weight is 467 g/mol. The van der Waals surface area contributed by atoms with Gasteiger partial charge in [0, 0.05) is 64.8 Å². The van der Waals surface area contributed by atoms with Crippen molar-refractivity contribution in [1.82, 2.24) is 19.7 Å². The van der Waals surface area contributed by atoms with Crippen LogP contribution >= 0.6 is 11.8 Å². The molecule has 0 N–H and O–H groups in total. The van der Waals surface area contributed by atoms with Crippen LogP contribution in [0.1, 0.15) is 19.4 Å². The van der Waals surface area contributed by atoms with Gasteiger partial charge in [0.1, 0.15) is 0 Å². The third-order valence-electron chi connectivity index (χ3n) is 5.71. The number of rotatable bonds is 10. The van der Waals surface area contributed by atoms with E-state index in [1.165, 1.54) is 17.4 Å². The number of carbonyl (C=O) groups excluding carboxylic acids is 1. The van der Waals surface area contributed by atoms with Gasteiger partial charge in [0.25, 0.3) is 0 Å². The quantitative estimate of drug-likeness (QED) is 0.419. The van der Waals surface area contributed by atoms with E-state index in [0.717, 1.165) is 40.9 Å². The van der Waals surface area contributed by atoms with Crippen LogP contribution < -0.4 is 9.80 Å². The number of amides is 1. The number of benzene rings is 2. The Hall–Kier alpha value is -3.00. The Labute approximate surface area is 201 Å². The van der Waals surface area contributed by atoms with Crippen molar-refractivity contribution in [2.75, 3.05) is 49.8 Å². The first-order valence-electron chi connectivity index (χ1n) is 11.2. The van der Waals surface area contributed by atoms with Gasteiger partial charge >= 0.3 is 0 Å².